The van der Waals surface area contributed by atoms with Gasteiger partial charge in [0.1, 0.15) is 11.8 Å². The van der Waals surface area contributed by atoms with E-state index in [0.29, 0.717) is 18.0 Å². The van der Waals surface area contributed by atoms with Crippen molar-refractivity contribution in [2.45, 2.75) is 19.4 Å². The number of carbonyl (C=O) groups excluding carboxylic acids is 1. The number of pyridine rings is 1. The zero-order chi connectivity index (χ0) is 12.8. The average molecular weight is 283 g/mol. The second-order valence-corrected chi connectivity index (χ2v) is 4.73. The van der Waals surface area contributed by atoms with Crippen LogP contribution in [0.2, 0.25) is 5.15 Å². The summed E-state index contributed by atoms with van der Waals surface area (Å²) in [5.74, 6) is -0.240. The Morgan fingerprint density at radius 2 is 2.33 bits per heavy atom. The Balaban J connectivity index is 1.75. The average Bonchev–Trinajstić information content (AvgIpc) is 2.87. The first kappa shape index (κ1) is 13.0. The quantitative estimate of drug-likeness (QED) is 0.625. The lowest BCUT2D eigenvalue weighted by molar-refractivity contribution is -0.144. The number of aromatic nitrogens is 2. The van der Waals surface area contributed by atoms with Crippen molar-refractivity contribution < 1.29 is 9.53 Å². The van der Waals surface area contributed by atoms with Crippen molar-refractivity contribution >= 4 is 28.9 Å². The number of thiazole rings is 1. The first-order valence-electron chi connectivity index (χ1n) is 5.37. The van der Waals surface area contributed by atoms with E-state index in [2.05, 4.69) is 9.97 Å². The van der Waals surface area contributed by atoms with Gasteiger partial charge in [0, 0.05) is 18.0 Å². The first-order chi connectivity index (χ1) is 8.74. The van der Waals surface area contributed by atoms with E-state index in [1.54, 1.807) is 23.8 Å². The summed E-state index contributed by atoms with van der Waals surface area (Å²) in [7, 11) is 0. The van der Waals surface area contributed by atoms with Gasteiger partial charge in [0.25, 0.3) is 0 Å². The molecule has 0 unspecified atom stereocenters. The van der Waals surface area contributed by atoms with Gasteiger partial charge in [-0.3, -0.25) is 4.79 Å². The van der Waals surface area contributed by atoms with Gasteiger partial charge in [-0.25, -0.2) is 9.97 Å². The molecule has 0 amide bonds. The van der Waals surface area contributed by atoms with Gasteiger partial charge in [-0.1, -0.05) is 11.6 Å². The van der Waals surface area contributed by atoms with Crippen LogP contribution in [-0.2, 0) is 22.6 Å². The minimum atomic E-state index is -0.240. The molecule has 0 radical (unpaired) electrons. The molecule has 2 aromatic rings. The maximum absolute atomic E-state index is 11.5. The smallest absolute Gasteiger partial charge is 0.306 e. The maximum atomic E-state index is 11.5. The molecular formula is C12H11ClN2O2S. The van der Waals surface area contributed by atoms with E-state index in [1.165, 1.54) is 11.3 Å². The lowest BCUT2D eigenvalue weighted by Crippen LogP contribution is -2.06. The van der Waals surface area contributed by atoms with E-state index < -0.39 is 0 Å². The van der Waals surface area contributed by atoms with Crippen LogP contribution in [0, 0.1) is 0 Å². The van der Waals surface area contributed by atoms with E-state index in [0.717, 1.165) is 11.3 Å². The Morgan fingerprint density at radius 1 is 1.44 bits per heavy atom. The molecule has 0 aromatic carbocycles. The van der Waals surface area contributed by atoms with Gasteiger partial charge in [0.2, 0.25) is 0 Å². The SMILES string of the molecule is O=C(CCc1cscn1)OCc1ccnc(Cl)c1. The topological polar surface area (TPSA) is 52.1 Å². The predicted molar refractivity (Wildman–Crippen MR) is 69.5 cm³/mol. The first-order valence-corrected chi connectivity index (χ1v) is 6.69. The lowest BCUT2D eigenvalue weighted by atomic mass is 10.2. The fraction of sp³-hybridized carbons (Fsp3) is 0.250. The van der Waals surface area contributed by atoms with Crippen molar-refractivity contribution in [2.24, 2.45) is 0 Å². The third-order valence-corrected chi connectivity index (χ3v) is 3.10. The molecule has 0 bridgehead atoms. The molecule has 2 heterocycles. The molecule has 0 fully saturated rings. The second-order valence-electron chi connectivity index (χ2n) is 3.63. The highest BCUT2D eigenvalue weighted by Crippen LogP contribution is 2.09. The Hall–Kier alpha value is -1.46. The molecule has 2 rings (SSSR count). The van der Waals surface area contributed by atoms with Crippen LogP contribution in [0.25, 0.3) is 0 Å². The number of hydrogen-bond acceptors (Lipinski definition) is 5. The number of aryl methyl sites for hydroxylation is 1. The molecule has 0 saturated heterocycles. The lowest BCUT2D eigenvalue weighted by Gasteiger charge is -2.04. The standard InChI is InChI=1S/C12H11ClN2O2S/c13-11-5-9(3-4-14-11)6-17-12(16)2-1-10-7-18-8-15-10/h3-5,7-8H,1-2,6H2. The van der Waals surface area contributed by atoms with Crippen molar-refractivity contribution in [2.75, 3.05) is 0 Å². The Bertz CT molecular complexity index is 517. The number of hydrogen-bond donors (Lipinski definition) is 0. The fourth-order valence-corrected chi connectivity index (χ4v) is 2.15. The predicted octanol–water partition coefficient (Wildman–Crippen LogP) is 2.87. The molecule has 4 nitrogen and oxygen atoms in total. The van der Waals surface area contributed by atoms with Crippen LogP contribution in [0.1, 0.15) is 17.7 Å². The highest BCUT2D eigenvalue weighted by molar-refractivity contribution is 7.07. The van der Waals surface area contributed by atoms with Crippen LogP contribution in [0.15, 0.2) is 29.2 Å². The van der Waals surface area contributed by atoms with Gasteiger partial charge in [-0.15, -0.1) is 11.3 Å². The number of nitrogens with zero attached hydrogens (tertiary/aromatic N) is 2. The number of carbonyl (C=O) groups is 1. The van der Waals surface area contributed by atoms with Crippen molar-refractivity contribution in [1.29, 1.82) is 0 Å². The summed E-state index contributed by atoms with van der Waals surface area (Å²) < 4.78 is 5.13. The molecule has 0 atom stereocenters. The van der Waals surface area contributed by atoms with E-state index in [-0.39, 0.29) is 12.6 Å². The molecule has 0 saturated carbocycles. The Kier molecular flexibility index (Phi) is 4.66. The van der Waals surface area contributed by atoms with Crippen molar-refractivity contribution in [1.82, 2.24) is 9.97 Å². The van der Waals surface area contributed by atoms with Gasteiger partial charge >= 0.3 is 5.97 Å². The largest absolute Gasteiger partial charge is 0.461 e. The fourth-order valence-electron chi connectivity index (χ4n) is 1.36. The summed E-state index contributed by atoms with van der Waals surface area (Å²) in [6.07, 6.45) is 2.53. The summed E-state index contributed by atoms with van der Waals surface area (Å²) in [5.41, 5.74) is 3.50. The molecule has 0 aliphatic carbocycles. The number of halogens is 1. The monoisotopic (exact) mass is 282 g/mol. The summed E-state index contributed by atoms with van der Waals surface area (Å²) in [5, 5.41) is 2.32. The van der Waals surface area contributed by atoms with Gasteiger partial charge in [-0.2, -0.15) is 0 Å². The number of rotatable bonds is 5. The van der Waals surface area contributed by atoms with Gasteiger partial charge in [0.15, 0.2) is 0 Å². The second kappa shape index (κ2) is 6.47. The highest BCUT2D eigenvalue weighted by Gasteiger charge is 2.05. The van der Waals surface area contributed by atoms with Crippen molar-refractivity contribution in [3.63, 3.8) is 0 Å². The number of ether oxygens (including phenoxy) is 1. The molecule has 0 N–H and O–H groups in total. The Morgan fingerprint density at radius 3 is 3.06 bits per heavy atom. The van der Waals surface area contributed by atoms with E-state index in [4.69, 9.17) is 16.3 Å². The molecule has 6 heteroatoms. The van der Waals surface area contributed by atoms with Crippen LogP contribution in [0.3, 0.4) is 0 Å². The summed E-state index contributed by atoms with van der Waals surface area (Å²) in [6, 6.07) is 3.44. The van der Waals surface area contributed by atoms with Crippen LogP contribution in [0.4, 0.5) is 0 Å². The summed E-state index contributed by atoms with van der Waals surface area (Å²) in [4.78, 5) is 19.5. The molecule has 0 aliphatic rings. The van der Waals surface area contributed by atoms with E-state index in [9.17, 15) is 4.79 Å². The van der Waals surface area contributed by atoms with Crippen molar-refractivity contribution in [3.8, 4) is 0 Å². The minimum absolute atomic E-state index is 0.220. The minimum Gasteiger partial charge on any atom is -0.461 e. The molecule has 18 heavy (non-hydrogen) atoms. The molecule has 0 spiro atoms. The van der Waals surface area contributed by atoms with Crippen LogP contribution >= 0.6 is 22.9 Å². The van der Waals surface area contributed by atoms with Gasteiger partial charge in [0.05, 0.1) is 17.6 Å². The third-order valence-electron chi connectivity index (χ3n) is 2.26. The van der Waals surface area contributed by atoms with Crippen LogP contribution in [0.5, 0.6) is 0 Å². The number of esters is 1. The molecule has 94 valence electrons. The molecule has 0 aliphatic heterocycles. The maximum Gasteiger partial charge on any atom is 0.306 e. The zero-order valence-electron chi connectivity index (χ0n) is 9.51. The van der Waals surface area contributed by atoms with Gasteiger partial charge < -0.3 is 4.74 Å². The van der Waals surface area contributed by atoms with E-state index in [1.807, 2.05) is 5.38 Å². The van der Waals surface area contributed by atoms with E-state index >= 15 is 0 Å². The summed E-state index contributed by atoms with van der Waals surface area (Å²) >= 11 is 7.25. The van der Waals surface area contributed by atoms with Crippen LogP contribution < -0.4 is 0 Å². The third kappa shape index (κ3) is 4.09. The zero-order valence-corrected chi connectivity index (χ0v) is 11.1. The van der Waals surface area contributed by atoms with Crippen molar-refractivity contribution in [3.05, 3.63) is 45.6 Å². The molecule has 2 aromatic heterocycles. The highest BCUT2D eigenvalue weighted by atomic mass is 35.5. The van der Waals surface area contributed by atoms with Gasteiger partial charge in [-0.05, 0) is 17.7 Å². The Labute approximate surface area is 114 Å². The normalized spacial score (nSPS) is 10.3. The van der Waals surface area contributed by atoms with Crippen LogP contribution in [-0.4, -0.2) is 15.9 Å². The summed E-state index contributed by atoms with van der Waals surface area (Å²) in [6.45, 7) is 0.220. The molecular weight excluding hydrogens is 272 g/mol.